The number of thiocarbonyl (C=S) groups is 1. The molecule has 1 aliphatic rings. The third-order valence-corrected chi connectivity index (χ3v) is 4.86. The number of hydrogen-bond donors (Lipinski definition) is 2. The Morgan fingerprint density at radius 3 is 2.95 bits per heavy atom. The van der Waals surface area contributed by atoms with E-state index in [9.17, 15) is 4.79 Å². The molecule has 0 fully saturated rings. The summed E-state index contributed by atoms with van der Waals surface area (Å²) in [6.45, 7) is 0. The van der Waals surface area contributed by atoms with E-state index in [2.05, 4.69) is 15.6 Å². The van der Waals surface area contributed by atoms with Crippen LogP contribution in [0, 0.1) is 0 Å². The van der Waals surface area contributed by atoms with Gasteiger partial charge in [-0.3, -0.25) is 0 Å². The van der Waals surface area contributed by atoms with E-state index < -0.39 is 0 Å². The summed E-state index contributed by atoms with van der Waals surface area (Å²) >= 11 is 6.87. The lowest BCUT2D eigenvalue weighted by Gasteiger charge is -2.10. The van der Waals surface area contributed by atoms with Gasteiger partial charge in [-0.1, -0.05) is 6.07 Å². The maximum Gasteiger partial charge on any atom is 0.341 e. The lowest BCUT2D eigenvalue weighted by molar-refractivity contribution is 0.0601. The zero-order valence-corrected chi connectivity index (χ0v) is 13.6. The van der Waals surface area contributed by atoms with Crippen molar-refractivity contribution in [2.45, 2.75) is 19.3 Å². The van der Waals surface area contributed by atoms with Gasteiger partial charge in [-0.25, -0.2) is 9.78 Å². The van der Waals surface area contributed by atoms with Crippen molar-refractivity contribution >= 4 is 45.5 Å². The van der Waals surface area contributed by atoms with Crippen LogP contribution in [-0.4, -0.2) is 23.2 Å². The Kier molecular flexibility index (Phi) is 4.35. The minimum absolute atomic E-state index is 0.317. The fourth-order valence-corrected chi connectivity index (χ4v) is 4.05. The molecule has 3 rings (SSSR count). The summed E-state index contributed by atoms with van der Waals surface area (Å²) in [6.07, 6.45) is 4.69. The van der Waals surface area contributed by atoms with Crippen molar-refractivity contribution in [1.29, 1.82) is 0 Å². The monoisotopic (exact) mass is 333 g/mol. The number of carbonyl (C=O) groups excluding carboxylic acids is 1. The summed E-state index contributed by atoms with van der Waals surface area (Å²) in [5.74, 6) is 0.339. The Labute approximate surface area is 137 Å². The molecule has 22 heavy (non-hydrogen) atoms. The highest BCUT2D eigenvalue weighted by Gasteiger charge is 2.27. The number of pyridine rings is 1. The normalized spacial score (nSPS) is 12.6. The number of anilines is 2. The van der Waals surface area contributed by atoms with Gasteiger partial charge in [0.05, 0.1) is 12.7 Å². The Morgan fingerprint density at radius 1 is 1.36 bits per heavy atom. The van der Waals surface area contributed by atoms with Crippen LogP contribution in [0.2, 0.25) is 0 Å². The Hall–Kier alpha value is -1.99. The summed E-state index contributed by atoms with van der Waals surface area (Å²) < 4.78 is 4.91. The average molecular weight is 333 g/mol. The molecular weight excluding hydrogens is 318 g/mol. The lowest BCUT2D eigenvalue weighted by Crippen LogP contribution is -2.20. The number of aryl methyl sites for hydroxylation is 1. The molecular formula is C15H15N3O2S2. The highest BCUT2D eigenvalue weighted by atomic mass is 32.1. The molecule has 0 spiro atoms. The molecule has 1 aliphatic carbocycles. The van der Waals surface area contributed by atoms with Crippen LogP contribution in [0.4, 0.5) is 10.8 Å². The van der Waals surface area contributed by atoms with E-state index in [-0.39, 0.29) is 5.97 Å². The predicted octanol–water partition coefficient (Wildman–Crippen LogP) is 3.23. The van der Waals surface area contributed by atoms with Gasteiger partial charge in [-0.05, 0) is 49.2 Å². The molecule has 5 nitrogen and oxygen atoms in total. The van der Waals surface area contributed by atoms with Crippen LogP contribution >= 0.6 is 23.6 Å². The topological polar surface area (TPSA) is 63.2 Å². The molecule has 0 saturated heterocycles. The highest BCUT2D eigenvalue weighted by Crippen LogP contribution is 2.39. The number of fused-ring (bicyclic) bond motifs is 1. The SMILES string of the molecule is COC(=O)c1c(NC(=S)Nc2ccccn2)sc2c1CCC2. The number of aromatic nitrogens is 1. The van der Waals surface area contributed by atoms with Gasteiger partial charge in [0.2, 0.25) is 0 Å². The largest absolute Gasteiger partial charge is 0.465 e. The minimum Gasteiger partial charge on any atom is -0.465 e. The van der Waals surface area contributed by atoms with Crippen LogP contribution in [0.5, 0.6) is 0 Å². The second-order valence-corrected chi connectivity index (χ2v) is 6.36. The van der Waals surface area contributed by atoms with Crippen molar-refractivity contribution in [3.05, 3.63) is 40.4 Å². The molecule has 114 valence electrons. The molecule has 0 unspecified atom stereocenters. The number of nitrogens with one attached hydrogen (secondary N) is 2. The quantitative estimate of drug-likeness (QED) is 0.664. The number of rotatable bonds is 3. The number of hydrogen-bond acceptors (Lipinski definition) is 5. The molecule has 0 bridgehead atoms. The van der Waals surface area contributed by atoms with E-state index in [1.165, 1.54) is 12.0 Å². The average Bonchev–Trinajstić information content (AvgIpc) is 3.08. The van der Waals surface area contributed by atoms with Crippen LogP contribution in [-0.2, 0) is 17.6 Å². The molecule has 0 amide bonds. The molecule has 7 heteroatoms. The zero-order valence-electron chi connectivity index (χ0n) is 12.0. The van der Waals surface area contributed by atoms with Crippen molar-refractivity contribution in [2.75, 3.05) is 17.7 Å². The maximum atomic E-state index is 12.1. The van der Waals surface area contributed by atoms with Crippen molar-refractivity contribution in [3.63, 3.8) is 0 Å². The van der Waals surface area contributed by atoms with Gasteiger partial charge in [-0.15, -0.1) is 11.3 Å². The van der Waals surface area contributed by atoms with Gasteiger partial charge in [0, 0.05) is 11.1 Å². The van der Waals surface area contributed by atoms with Crippen molar-refractivity contribution < 1.29 is 9.53 Å². The Morgan fingerprint density at radius 2 is 2.23 bits per heavy atom. The van der Waals surface area contributed by atoms with Gasteiger partial charge in [0.1, 0.15) is 10.8 Å². The molecule has 0 radical (unpaired) electrons. The smallest absolute Gasteiger partial charge is 0.341 e. The van der Waals surface area contributed by atoms with Gasteiger partial charge in [-0.2, -0.15) is 0 Å². The first kappa shape index (κ1) is 14.9. The molecule has 0 aliphatic heterocycles. The van der Waals surface area contributed by atoms with E-state index in [1.807, 2.05) is 18.2 Å². The molecule has 2 N–H and O–H groups in total. The summed E-state index contributed by atoms with van der Waals surface area (Å²) in [6, 6.07) is 5.53. The first-order valence-electron chi connectivity index (χ1n) is 6.91. The summed E-state index contributed by atoms with van der Waals surface area (Å²) in [5.41, 5.74) is 1.71. The highest BCUT2D eigenvalue weighted by molar-refractivity contribution is 7.80. The van der Waals surface area contributed by atoms with Gasteiger partial charge < -0.3 is 15.4 Å². The lowest BCUT2D eigenvalue weighted by atomic mass is 10.1. The summed E-state index contributed by atoms with van der Waals surface area (Å²) in [4.78, 5) is 17.5. The minimum atomic E-state index is -0.317. The Bertz CT molecular complexity index is 713. The van der Waals surface area contributed by atoms with Gasteiger partial charge in [0.15, 0.2) is 5.11 Å². The van der Waals surface area contributed by atoms with E-state index in [4.69, 9.17) is 17.0 Å². The number of ether oxygens (including phenoxy) is 1. The molecule has 0 aromatic carbocycles. The van der Waals surface area contributed by atoms with Crippen molar-refractivity contribution in [2.24, 2.45) is 0 Å². The van der Waals surface area contributed by atoms with E-state index >= 15 is 0 Å². The number of esters is 1. The molecule has 0 saturated carbocycles. The zero-order chi connectivity index (χ0) is 15.5. The van der Waals surface area contributed by atoms with Crippen molar-refractivity contribution in [1.82, 2.24) is 4.98 Å². The third kappa shape index (κ3) is 2.95. The van der Waals surface area contributed by atoms with Gasteiger partial charge >= 0.3 is 5.97 Å². The standard InChI is InChI=1S/C15H15N3O2S2/c1-20-14(19)12-9-5-4-6-10(9)22-13(12)18-15(21)17-11-7-2-3-8-16-11/h2-3,7-8H,4-6H2,1H3,(H2,16,17,18,21). The third-order valence-electron chi connectivity index (χ3n) is 3.44. The molecule has 2 aromatic heterocycles. The van der Waals surface area contributed by atoms with E-state index in [0.717, 1.165) is 29.8 Å². The first-order valence-corrected chi connectivity index (χ1v) is 8.13. The number of carbonyl (C=O) groups is 1. The molecule has 0 atom stereocenters. The maximum absolute atomic E-state index is 12.1. The summed E-state index contributed by atoms with van der Waals surface area (Å²) in [5, 5.41) is 7.25. The number of nitrogens with zero attached hydrogens (tertiary/aromatic N) is 1. The van der Waals surface area contributed by atoms with Gasteiger partial charge in [0.25, 0.3) is 0 Å². The fraction of sp³-hybridized carbons (Fsp3) is 0.267. The molecule has 2 heterocycles. The molecule has 2 aromatic rings. The second kappa shape index (κ2) is 6.41. The Balaban J connectivity index is 1.80. The number of thiophene rings is 1. The van der Waals surface area contributed by atoms with Crippen LogP contribution in [0.1, 0.15) is 27.2 Å². The fourth-order valence-electron chi connectivity index (χ4n) is 2.50. The van der Waals surface area contributed by atoms with Crippen LogP contribution < -0.4 is 10.6 Å². The summed E-state index contributed by atoms with van der Waals surface area (Å²) in [7, 11) is 1.40. The van der Waals surface area contributed by atoms with Crippen LogP contribution in [0.25, 0.3) is 0 Å². The second-order valence-electron chi connectivity index (χ2n) is 4.85. The van der Waals surface area contributed by atoms with E-state index in [1.54, 1.807) is 17.5 Å². The van der Waals surface area contributed by atoms with Crippen LogP contribution in [0.15, 0.2) is 24.4 Å². The number of methoxy groups -OCH3 is 1. The van der Waals surface area contributed by atoms with E-state index in [0.29, 0.717) is 16.5 Å². The van der Waals surface area contributed by atoms with Crippen LogP contribution in [0.3, 0.4) is 0 Å². The first-order chi connectivity index (χ1) is 10.7. The van der Waals surface area contributed by atoms with Crippen molar-refractivity contribution in [3.8, 4) is 0 Å². The predicted molar refractivity (Wildman–Crippen MR) is 91.8 cm³/mol.